The highest BCUT2D eigenvalue weighted by Crippen LogP contribution is 2.22. The van der Waals surface area contributed by atoms with E-state index in [0.717, 1.165) is 17.0 Å². The van der Waals surface area contributed by atoms with Gasteiger partial charge in [0.25, 0.3) is 0 Å². The second-order valence-corrected chi connectivity index (χ2v) is 5.24. The Kier molecular flexibility index (Phi) is 4.27. The number of carbonyl (C=O) groups is 2. The van der Waals surface area contributed by atoms with Crippen LogP contribution in [0.25, 0.3) is 0 Å². The van der Waals surface area contributed by atoms with Crippen molar-refractivity contribution in [3.63, 3.8) is 0 Å². The number of ether oxygens (including phenoxy) is 2. The smallest absolute Gasteiger partial charge is 0.411 e. The van der Waals surface area contributed by atoms with E-state index in [4.69, 9.17) is 9.47 Å². The summed E-state index contributed by atoms with van der Waals surface area (Å²) in [5.74, 6) is -0.477. The number of hydrogen-bond donors (Lipinski definition) is 1. The molecule has 0 saturated carbocycles. The highest BCUT2D eigenvalue weighted by atomic mass is 16.6. The van der Waals surface area contributed by atoms with Crippen molar-refractivity contribution < 1.29 is 19.1 Å². The van der Waals surface area contributed by atoms with Crippen molar-refractivity contribution in [2.75, 3.05) is 7.11 Å². The molecule has 7 heteroatoms. The summed E-state index contributed by atoms with van der Waals surface area (Å²) >= 11 is 0. The molecule has 1 N–H and O–H groups in total. The first-order valence-corrected chi connectivity index (χ1v) is 7.25. The van der Waals surface area contributed by atoms with Crippen LogP contribution in [0.4, 0.5) is 4.79 Å². The average Bonchev–Trinajstić information content (AvgIpc) is 3.06. The van der Waals surface area contributed by atoms with Gasteiger partial charge in [0.15, 0.2) is 0 Å². The number of rotatable bonds is 3. The quantitative estimate of drug-likeness (QED) is 0.871. The van der Waals surface area contributed by atoms with Gasteiger partial charge in [-0.15, -0.1) is 0 Å². The van der Waals surface area contributed by atoms with Gasteiger partial charge in [0.1, 0.15) is 12.6 Å². The highest BCUT2D eigenvalue weighted by molar-refractivity contribution is 5.82. The number of methoxy groups -OCH3 is 1. The maximum absolute atomic E-state index is 12.4. The normalized spacial score (nSPS) is 16.6. The van der Waals surface area contributed by atoms with Crippen molar-refractivity contribution in [2.45, 2.75) is 25.6 Å². The third-order valence-electron chi connectivity index (χ3n) is 3.81. The predicted molar refractivity (Wildman–Crippen MR) is 80.3 cm³/mol. The Morgan fingerprint density at radius 1 is 1.35 bits per heavy atom. The summed E-state index contributed by atoms with van der Waals surface area (Å²) in [5, 5.41) is 0. The third kappa shape index (κ3) is 3.18. The van der Waals surface area contributed by atoms with Gasteiger partial charge in [-0.05, 0) is 5.56 Å². The monoisotopic (exact) mass is 315 g/mol. The standard InChI is InChI=1S/C16H17N3O4/c1-22-15(20)14-7-12-13(18-10-17-12)8-19(14)16(21)23-9-11-5-3-2-4-6-11/h2-6,10,14H,7-9H2,1H3,(H,17,18). The van der Waals surface area contributed by atoms with E-state index in [0.29, 0.717) is 6.42 Å². The molecule has 0 bridgehead atoms. The highest BCUT2D eigenvalue weighted by Gasteiger charge is 2.37. The zero-order valence-corrected chi connectivity index (χ0v) is 12.7. The van der Waals surface area contributed by atoms with E-state index in [1.165, 1.54) is 12.0 Å². The summed E-state index contributed by atoms with van der Waals surface area (Å²) in [6.45, 7) is 0.391. The molecule has 0 radical (unpaired) electrons. The summed E-state index contributed by atoms with van der Waals surface area (Å²) in [6, 6.07) is 8.65. The first kappa shape index (κ1) is 15.1. The number of esters is 1. The Balaban J connectivity index is 1.73. The van der Waals surface area contributed by atoms with Crippen LogP contribution in [0.1, 0.15) is 17.0 Å². The van der Waals surface area contributed by atoms with Crippen molar-refractivity contribution in [3.05, 3.63) is 53.6 Å². The summed E-state index contributed by atoms with van der Waals surface area (Å²) in [6.07, 6.45) is 1.31. The molecule has 1 aliphatic rings. The van der Waals surface area contributed by atoms with E-state index in [2.05, 4.69) is 9.97 Å². The van der Waals surface area contributed by atoms with Crippen LogP contribution in [0.15, 0.2) is 36.7 Å². The fourth-order valence-electron chi connectivity index (χ4n) is 2.58. The Hall–Kier alpha value is -2.83. The number of carbonyl (C=O) groups excluding carboxylic acids is 2. The Labute approximate surface area is 133 Å². The average molecular weight is 315 g/mol. The van der Waals surface area contributed by atoms with Gasteiger partial charge in [0, 0.05) is 6.42 Å². The van der Waals surface area contributed by atoms with E-state index in [1.807, 2.05) is 30.3 Å². The van der Waals surface area contributed by atoms with Crippen LogP contribution < -0.4 is 0 Å². The van der Waals surface area contributed by atoms with Crippen molar-refractivity contribution >= 4 is 12.1 Å². The number of H-pyrrole nitrogens is 1. The lowest BCUT2D eigenvalue weighted by atomic mass is 10.0. The molecule has 1 aliphatic heterocycles. The third-order valence-corrected chi connectivity index (χ3v) is 3.81. The molecule has 2 aromatic rings. The second kappa shape index (κ2) is 6.51. The summed E-state index contributed by atoms with van der Waals surface area (Å²) < 4.78 is 10.1. The van der Waals surface area contributed by atoms with Crippen molar-refractivity contribution in [1.29, 1.82) is 0 Å². The summed E-state index contributed by atoms with van der Waals surface area (Å²) in [4.78, 5) is 32.9. The van der Waals surface area contributed by atoms with Crippen LogP contribution in [-0.4, -0.2) is 40.1 Å². The van der Waals surface area contributed by atoms with Crippen LogP contribution >= 0.6 is 0 Å². The number of hydrogen-bond acceptors (Lipinski definition) is 5. The van der Waals surface area contributed by atoms with Gasteiger partial charge in [-0.1, -0.05) is 30.3 Å². The number of amides is 1. The van der Waals surface area contributed by atoms with Crippen LogP contribution in [0.2, 0.25) is 0 Å². The summed E-state index contributed by atoms with van der Waals surface area (Å²) in [7, 11) is 1.30. The lowest BCUT2D eigenvalue weighted by Crippen LogP contribution is -2.49. The van der Waals surface area contributed by atoms with Gasteiger partial charge < -0.3 is 14.5 Å². The van der Waals surface area contributed by atoms with Crippen LogP contribution in [0, 0.1) is 0 Å². The fraction of sp³-hybridized carbons (Fsp3) is 0.312. The van der Waals surface area contributed by atoms with E-state index in [9.17, 15) is 9.59 Å². The number of aromatic amines is 1. The molecule has 0 aliphatic carbocycles. The molecular weight excluding hydrogens is 298 g/mol. The minimum Gasteiger partial charge on any atom is -0.467 e. The molecule has 0 fully saturated rings. The van der Waals surface area contributed by atoms with Gasteiger partial charge >= 0.3 is 12.1 Å². The molecule has 23 heavy (non-hydrogen) atoms. The number of imidazole rings is 1. The Morgan fingerprint density at radius 2 is 2.13 bits per heavy atom. The second-order valence-electron chi connectivity index (χ2n) is 5.24. The molecule has 120 valence electrons. The lowest BCUT2D eigenvalue weighted by Gasteiger charge is -2.32. The number of nitrogens with zero attached hydrogens (tertiary/aromatic N) is 2. The first-order chi connectivity index (χ1) is 11.2. The molecule has 2 heterocycles. The maximum atomic E-state index is 12.4. The van der Waals surface area contributed by atoms with Gasteiger partial charge in [-0.25, -0.2) is 14.6 Å². The number of benzene rings is 1. The molecular formula is C16H17N3O4. The minimum absolute atomic E-state index is 0.153. The molecule has 3 rings (SSSR count). The van der Waals surface area contributed by atoms with E-state index in [1.54, 1.807) is 6.33 Å². The van der Waals surface area contributed by atoms with Crippen LogP contribution in [-0.2, 0) is 33.8 Å². The van der Waals surface area contributed by atoms with Crippen LogP contribution in [0.5, 0.6) is 0 Å². The number of aromatic nitrogens is 2. The minimum atomic E-state index is -0.723. The SMILES string of the molecule is COC(=O)C1Cc2nc[nH]c2CN1C(=O)OCc1ccccc1. The molecule has 1 aromatic carbocycles. The van der Waals surface area contributed by atoms with Gasteiger partial charge in [0.05, 0.1) is 31.4 Å². The van der Waals surface area contributed by atoms with Gasteiger partial charge in [0.2, 0.25) is 0 Å². The zero-order chi connectivity index (χ0) is 16.2. The van der Waals surface area contributed by atoms with Gasteiger partial charge in [-0.3, -0.25) is 4.90 Å². The predicted octanol–water partition coefficient (Wildman–Crippen LogP) is 1.65. The Morgan fingerprint density at radius 3 is 2.87 bits per heavy atom. The summed E-state index contributed by atoms with van der Waals surface area (Å²) in [5.41, 5.74) is 2.46. The first-order valence-electron chi connectivity index (χ1n) is 7.25. The molecule has 1 aromatic heterocycles. The lowest BCUT2D eigenvalue weighted by molar-refractivity contribution is -0.147. The zero-order valence-electron chi connectivity index (χ0n) is 12.7. The van der Waals surface area contributed by atoms with Crippen molar-refractivity contribution in [1.82, 2.24) is 14.9 Å². The van der Waals surface area contributed by atoms with Crippen molar-refractivity contribution in [3.8, 4) is 0 Å². The van der Waals surface area contributed by atoms with E-state index in [-0.39, 0.29) is 13.2 Å². The topological polar surface area (TPSA) is 84.5 Å². The van der Waals surface area contributed by atoms with Crippen LogP contribution in [0.3, 0.4) is 0 Å². The molecule has 1 unspecified atom stereocenters. The molecule has 1 atom stereocenters. The molecule has 0 saturated heterocycles. The fourth-order valence-corrected chi connectivity index (χ4v) is 2.58. The van der Waals surface area contributed by atoms with E-state index < -0.39 is 18.1 Å². The Bertz CT molecular complexity index is 698. The largest absolute Gasteiger partial charge is 0.467 e. The molecule has 1 amide bonds. The molecule has 0 spiro atoms. The van der Waals surface area contributed by atoms with E-state index >= 15 is 0 Å². The number of nitrogens with one attached hydrogen (secondary N) is 1. The maximum Gasteiger partial charge on any atom is 0.411 e. The van der Waals surface area contributed by atoms with Crippen molar-refractivity contribution in [2.24, 2.45) is 0 Å². The molecule has 7 nitrogen and oxygen atoms in total. The number of fused-ring (bicyclic) bond motifs is 1. The van der Waals surface area contributed by atoms with Gasteiger partial charge in [-0.2, -0.15) is 0 Å².